The summed E-state index contributed by atoms with van der Waals surface area (Å²) >= 11 is 0. The van der Waals surface area contributed by atoms with Crippen molar-refractivity contribution in [1.82, 2.24) is 25.1 Å². The van der Waals surface area contributed by atoms with Crippen LogP contribution in [-0.4, -0.2) is 56.8 Å². The highest BCUT2D eigenvalue weighted by Gasteiger charge is 2.30. The number of tetrazole rings is 1. The lowest BCUT2D eigenvalue weighted by atomic mass is 9.80. The van der Waals surface area contributed by atoms with Gasteiger partial charge in [-0.2, -0.15) is 0 Å². The molecule has 1 aliphatic heterocycles. The van der Waals surface area contributed by atoms with E-state index in [1.54, 1.807) is 4.68 Å². The highest BCUT2D eigenvalue weighted by Crippen LogP contribution is 2.28. The Kier molecular flexibility index (Phi) is 6.38. The highest BCUT2D eigenvalue weighted by atomic mass is 16.1. The number of ketones is 2. The van der Waals surface area contributed by atoms with Gasteiger partial charge in [0, 0.05) is 37.8 Å². The Hall–Kier alpha value is -1.63. The third kappa shape index (κ3) is 5.20. The van der Waals surface area contributed by atoms with E-state index in [-0.39, 0.29) is 17.6 Å². The molecule has 1 aliphatic rings. The molecule has 2 rings (SSSR count). The van der Waals surface area contributed by atoms with Crippen molar-refractivity contribution in [2.75, 3.05) is 20.1 Å². The van der Waals surface area contributed by atoms with Crippen molar-refractivity contribution in [3.05, 3.63) is 6.33 Å². The van der Waals surface area contributed by atoms with E-state index in [4.69, 9.17) is 0 Å². The number of aryl methyl sites for hydroxylation is 1. The molecule has 0 spiro atoms. The molecule has 128 valence electrons. The van der Waals surface area contributed by atoms with Crippen molar-refractivity contribution in [1.29, 1.82) is 0 Å². The molecule has 0 N–H and O–H groups in total. The summed E-state index contributed by atoms with van der Waals surface area (Å²) < 4.78 is 1.58. The summed E-state index contributed by atoms with van der Waals surface area (Å²) in [6.45, 7) is 6.27. The largest absolute Gasteiger partial charge is 0.305 e. The summed E-state index contributed by atoms with van der Waals surface area (Å²) in [7, 11) is 2.06. The molecule has 0 amide bonds. The van der Waals surface area contributed by atoms with Gasteiger partial charge in [-0.25, -0.2) is 4.68 Å². The molecule has 1 aromatic heterocycles. The van der Waals surface area contributed by atoms with E-state index in [1.807, 2.05) is 13.8 Å². The number of piperidine rings is 1. The molecule has 0 bridgehead atoms. The summed E-state index contributed by atoms with van der Waals surface area (Å²) in [5, 5.41) is 10.9. The van der Waals surface area contributed by atoms with Crippen LogP contribution in [0.2, 0.25) is 0 Å². The zero-order valence-electron chi connectivity index (χ0n) is 14.3. The molecule has 0 saturated carbocycles. The van der Waals surface area contributed by atoms with Gasteiger partial charge in [0.15, 0.2) is 0 Å². The van der Waals surface area contributed by atoms with Crippen LogP contribution in [0.5, 0.6) is 0 Å². The van der Waals surface area contributed by atoms with Crippen molar-refractivity contribution in [3.63, 3.8) is 0 Å². The van der Waals surface area contributed by atoms with E-state index in [2.05, 4.69) is 27.5 Å². The smallest absolute Gasteiger partial charge is 0.138 e. The van der Waals surface area contributed by atoms with E-state index >= 15 is 0 Å². The number of carbonyl (C=O) groups excluding carboxylic acids is 2. The van der Waals surface area contributed by atoms with Crippen LogP contribution >= 0.6 is 0 Å². The first-order chi connectivity index (χ1) is 11.0. The maximum Gasteiger partial charge on any atom is 0.138 e. The number of likely N-dealkylation sites (tertiary alicyclic amines) is 1. The number of aromatic nitrogens is 4. The van der Waals surface area contributed by atoms with E-state index < -0.39 is 0 Å². The lowest BCUT2D eigenvalue weighted by Crippen LogP contribution is -2.41. The van der Waals surface area contributed by atoms with Crippen LogP contribution in [0.25, 0.3) is 0 Å². The summed E-state index contributed by atoms with van der Waals surface area (Å²) in [6.07, 6.45) is 4.35. The Balaban J connectivity index is 1.82. The molecule has 3 unspecified atom stereocenters. The van der Waals surface area contributed by atoms with Gasteiger partial charge in [-0.3, -0.25) is 9.59 Å². The fourth-order valence-electron chi connectivity index (χ4n) is 3.52. The number of nitrogens with zero attached hydrogens (tertiary/aromatic N) is 5. The van der Waals surface area contributed by atoms with Gasteiger partial charge < -0.3 is 4.90 Å². The third-order valence-corrected chi connectivity index (χ3v) is 4.74. The lowest BCUT2D eigenvalue weighted by molar-refractivity contribution is -0.125. The quantitative estimate of drug-likeness (QED) is 0.716. The van der Waals surface area contributed by atoms with Gasteiger partial charge in [0.2, 0.25) is 0 Å². The maximum absolute atomic E-state index is 12.3. The summed E-state index contributed by atoms with van der Waals surface area (Å²) in [4.78, 5) is 26.5. The SMILES string of the molecule is CCC(=O)C1CC(CC(C)C(=O)CCn2cnnn2)CN(C)C1. The predicted molar refractivity (Wildman–Crippen MR) is 85.6 cm³/mol. The van der Waals surface area contributed by atoms with E-state index in [0.29, 0.717) is 31.1 Å². The predicted octanol–water partition coefficient (Wildman–Crippen LogP) is 1.21. The second-order valence-corrected chi connectivity index (χ2v) is 6.77. The minimum Gasteiger partial charge on any atom is -0.305 e. The number of carbonyl (C=O) groups is 2. The van der Waals surface area contributed by atoms with Crippen LogP contribution in [-0.2, 0) is 16.1 Å². The molecule has 0 aliphatic carbocycles. The van der Waals surface area contributed by atoms with Gasteiger partial charge >= 0.3 is 0 Å². The molecule has 0 radical (unpaired) electrons. The lowest BCUT2D eigenvalue weighted by Gasteiger charge is -2.35. The number of hydrogen-bond acceptors (Lipinski definition) is 6. The topological polar surface area (TPSA) is 81.0 Å². The normalized spacial score (nSPS) is 23.6. The summed E-state index contributed by atoms with van der Waals surface area (Å²) in [6, 6.07) is 0. The molecule has 23 heavy (non-hydrogen) atoms. The van der Waals surface area contributed by atoms with Crippen LogP contribution in [0, 0.1) is 17.8 Å². The molecule has 3 atom stereocenters. The molecular weight excluding hydrogens is 294 g/mol. The van der Waals surface area contributed by atoms with Gasteiger partial charge in [0.05, 0.1) is 6.54 Å². The first-order valence-corrected chi connectivity index (χ1v) is 8.44. The van der Waals surface area contributed by atoms with Crippen molar-refractivity contribution >= 4 is 11.6 Å². The zero-order chi connectivity index (χ0) is 16.8. The zero-order valence-corrected chi connectivity index (χ0v) is 14.3. The minimum atomic E-state index is 0.0142. The maximum atomic E-state index is 12.3. The van der Waals surface area contributed by atoms with Gasteiger partial charge in [0.25, 0.3) is 0 Å². The van der Waals surface area contributed by atoms with Gasteiger partial charge in [0.1, 0.15) is 17.9 Å². The molecule has 1 saturated heterocycles. The molecular formula is C16H27N5O2. The molecule has 7 heteroatoms. The van der Waals surface area contributed by atoms with Gasteiger partial charge in [-0.15, -0.1) is 5.10 Å². The van der Waals surface area contributed by atoms with Crippen molar-refractivity contribution in [3.8, 4) is 0 Å². The molecule has 0 aromatic carbocycles. The molecule has 1 fully saturated rings. The molecule has 7 nitrogen and oxygen atoms in total. The average Bonchev–Trinajstić information content (AvgIpc) is 3.04. The fourth-order valence-corrected chi connectivity index (χ4v) is 3.52. The number of Topliss-reactive ketones (excluding diaryl/α,β-unsaturated/α-hetero) is 2. The second-order valence-electron chi connectivity index (χ2n) is 6.77. The van der Waals surface area contributed by atoms with Crippen LogP contribution < -0.4 is 0 Å². The van der Waals surface area contributed by atoms with Gasteiger partial charge in [-0.05, 0) is 36.2 Å². The Bertz CT molecular complexity index is 517. The van der Waals surface area contributed by atoms with Crippen LogP contribution in [0.3, 0.4) is 0 Å². The summed E-state index contributed by atoms with van der Waals surface area (Å²) in [5.41, 5.74) is 0. The van der Waals surface area contributed by atoms with Crippen molar-refractivity contribution in [2.24, 2.45) is 17.8 Å². The first kappa shape index (κ1) is 17.7. The Morgan fingerprint density at radius 1 is 1.35 bits per heavy atom. The Morgan fingerprint density at radius 2 is 2.13 bits per heavy atom. The minimum absolute atomic E-state index is 0.0142. The van der Waals surface area contributed by atoms with Crippen LogP contribution in [0.4, 0.5) is 0 Å². The second kappa shape index (κ2) is 8.29. The first-order valence-electron chi connectivity index (χ1n) is 8.44. The Labute approximate surface area is 137 Å². The highest BCUT2D eigenvalue weighted by molar-refractivity contribution is 5.81. The van der Waals surface area contributed by atoms with Gasteiger partial charge in [-0.1, -0.05) is 13.8 Å². The monoisotopic (exact) mass is 321 g/mol. The van der Waals surface area contributed by atoms with Crippen LogP contribution in [0.15, 0.2) is 6.33 Å². The molecule has 2 heterocycles. The van der Waals surface area contributed by atoms with Crippen molar-refractivity contribution in [2.45, 2.75) is 46.1 Å². The van der Waals surface area contributed by atoms with E-state index in [1.165, 1.54) is 6.33 Å². The van der Waals surface area contributed by atoms with Crippen molar-refractivity contribution < 1.29 is 9.59 Å². The Morgan fingerprint density at radius 3 is 2.78 bits per heavy atom. The average molecular weight is 321 g/mol. The van der Waals surface area contributed by atoms with E-state index in [0.717, 1.165) is 25.9 Å². The number of hydrogen-bond donors (Lipinski definition) is 0. The third-order valence-electron chi connectivity index (χ3n) is 4.74. The molecule has 1 aromatic rings. The van der Waals surface area contributed by atoms with E-state index in [9.17, 15) is 9.59 Å². The number of rotatable bonds is 8. The van der Waals surface area contributed by atoms with Crippen LogP contribution in [0.1, 0.15) is 39.5 Å². The standard InChI is InChI=1S/C16H27N5O2/c1-4-15(22)14-8-13(9-20(3)10-14)7-12(2)16(23)5-6-21-11-17-18-19-21/h11-14H,4-10H2,1-3H3. The fraction of sp³-hybridized carbons (Fsp3) is 0.812. The summed E-state index contributed by atoms with van der Waals surface area (Å²) in [5.74, 6) is 1.15.